The van der Waals surface area contributed by atoms with Crippen LogP contribution < -0.4 is 0 Å². The molecular weight excluding hydrogens is 268 g/mol. The summed E-state index contributed by atoms with van der Waals surface area (Å²) in [6.45, 7) is 1.39. The summed E-state index contributed by atoms with van der Waals surface area (Å²) in [6, 6.07) is 0. The van der Waals surface area contributed by atoms with Crippen LogP contribution in [0.5, 0.6) is 0 Å². The molecule has 0 fully saturated rings. The third-order valence-corrected chi connectivity index (χ3v) is 2.39. The first-order valence-corrected chi connectivity index (χ1v) is 6.57. The zero-order valence-electron chi connectivity index (χ0n) is 8.06. The van der Waals surface area contributed by atoms with Gasteiger partial charge in [-0.2, -0.15) is 9.69 Å². The molecule has 15 heavy (non-hydrogen) atoms. The van der Waals surface area contributed by atoms with E-state index in [4.69, 9.17) is 28.1 Å². The summed E-state index contributed by atoms with van der Waals surface area (Å²) in [5.74, 6) is -0.522. The number of phosphoric ester groups is 1. The molecule has 0 aliphatic rings. The molecule has 0 aromatic heterocycles. The normalized spacial score (nSPS) is 15.0. The van der Waals surface area contributed by atoms with E-state index in [0.717, 1.165) is 12.0 Å². The number of hydrogen-bond donors (Lipinski definition) is 1. The van der Waals surface area contributed by atoms with Crippen LogP contribution in [0.25, 0.3) is 0 Å². The van der Waals surface area contributed by atoms with E-state index in [1.54, 1.807) is 0 Å². The van der Waals surface area contributed by atoms with E-state index in [1.165, 1.54) is 0 Å². The van der Waals surface area contributed by atoms with E-state index >= 15 is 0 Å². The van der Waals surface area contributed by atoms with E-state index in [0.29, 0.717) is 0 Å². The Bertz CT molecular complexity index is 246. The second-order valence-electron chi connectivity index (χ2n) is 2.44. The maximum Gasteiger partial charge on any atom is 0.546 e. The second kappa shape index (κ2) is 7.44. The second-order valence-corrected chi connectivity index (χ2v) is 4.48. The number of phosphoric acid groups is 1. The Kier molecular flexibility index (Phi) is 7.52. The predicted molar refractivity (Wildman–Crippen MR) is 55.7 cm³/mol. The fourth-order valence-corrected chi connectivity index (χ4v) is 1.90. The van der Waals surface area contributed by atoms with Crippen molar-refractivity contribution < 1.29 is 23.4 Å². The number of rotatable bonds is 7. The minimum Gasteiger partial charge on any atom is -0.370 e. The molecule has 0 saturated heterocycles. The van der Waals surface area contributed by atoms with Crippen molar-refractivity contribution in [1.82, 2.24) is 5.06 Å². The lowest BCUT2D eigenvalue weighted by Gasteiger charge is -2.21. The molecule has 9 heteroatoms. The number of alkyl halides is 2. The molecule has 0 aliphatic carbocycles. The van der Waals surface area contributed by atoms with E-state index in [2.05, 4.69) is 9.15 Å². The van der Waals surface area contributed by atoms with Crippen molar-refractivity contribution >= 4 is 37.0 Å². The molecular formula is C6H12Cl2NO5P. The fourth-order valence-electron chi connectivity index (χ4n) is 0.707. The van der Waals surface area contributed by atoms with Crippen LogP contribution in [-0.4, -0.2) is 40.8 Å². The maximum absolute atomic E-state index is 11.1. The number of halogens is 2. The molecule has 1 atom stereocenters. The van der Waals surface area contributed by atoms with Crippen molar-refractivity contribution in [2.75, 3.05) is 24.8 Å². The summed E-state index contributed by atoms with van der Waals surface area (Å²) in [5, 5.41) is 1.07. The maximum atomic E-state index is 11.1. The zero-order chi connectivity index (χ0) is 11.9. The molecule has 0 aliphatic heterocycles. The van der Waals surface area contributed by atoms with E-state index in [1.807, 2.05) is 0 Å². The summed E-state index contributed by atoms with van der Waals surface area (Å²) in [7, 11) is -4.41. The van der Waals surface area contributed by atoms with Gasteiger partial charge >= 0.3 is 13.8 Å². The van der Waals surface area contributed by atoms with Gasteiger partial charge in [-0.25, -0.2) is 4.57 Å². The van der Waals surface area contributed by atoms with Crippen molar-refractivity contribution in [2.45, 2.75) is 6.92 Å². The quantitative estimate of drug-likeness (QED) is 0.431. The Morgan fingerprint density at radius 3 is 2.20 bits per heavy atom. The van der Waals surface area contributed by atoms with Gasteiger partial charge in [0.1, 0.15) is 0 Å². The highest BCUT2D eigenvalue weighted by atomic mass is 35.5. The highest BCUT2D eigenvalue weighted by Crippen LogP contribution is 2.44. The number of nitrogens with zero attached hydrogens (tertiary/aromatic N) is 1. The van der Waals surface area contributed by atoms with Gasteiger partial charge in [-0.3, -0.25) is 9.69 Å². The zero-order valence-corrected chi connectivity index (χ0v) is 10.5. The van der Waals surface area contributed by atoms with Crippen LogP contribution in [0.3, 0.4) is 0 Å². The van der Waals surface area contributed by atoms with Crippen LogP contribution in [0.4, 0.5) is 0 Å². The Hall–Kier alpha value is 0.160. The van der Waals surface area contributed by atoms with Gasteiger partial charge < -0.3 is 4.52 Å². The van der Waals surface area contributed by atoms with Crippen molar-refractivity contribution in [1.29, 1.82) is 0 Å². The highest BCUT2D eigenvalue weighted by molar-refractivity contribution is 7.47. The lowest BCUT2D eigenvalue weighted by atomic mass is 10.6. The molecule has 0 saturated carbocycles. The molecule has 90 valence electrons. The molecule has 0 radical (unpaired) electrons. The smallest absolute Gasteiger partial charge is 0.370 e. The minimum absolute atomic E-state index is 0.191. The number of carbonyl (C=O) groups excluding carboxylic acids is 1. The van der Waals surface area contributed by atoms with Gasteiger partial charge in [0.05, 0.1) is 0 Å². The number of hydrogen-bond acceptors (Lipinski definition) is 5. The Morgan fingerprint density at radius 2 is 1.87 bits per heavy atom. The Morgan fingerprint density at radius 1 is 1.40 bits per heavy atom. The largest absolute Gasteiger partial charge is 0.546 e. The van der Waals surface area contributed by atoms with Crippen LogP contribution in [0, 0.1) is 0 Å². The Balaban J connectivity index is 4.23. The molecule has 0 bridgehead atoms. The standard InChI is InChI=1S/C6H12Cl2NO5P/c1-6(10)13-15(11,12)14-9(4-2-7)5-3-8/h2-5H2,1H3,(H,11,12). The third-order valence-electron chi connectivity index (χ3n) is 1.13. The lowest BCUT2D eigenvalue weighted by Crippen LogP contribution is -2.27. The van der Waals surface area contributed by atoms with Crippen LogP contribution >= 0.6 is 31.0 Å². The summed E-state index contributed by atoms with van der Waals surface area (Å²) < 4.78 is 19.8. The SMILES string of the molecule is CC(=O)OP(=O)(O)ON(CCCl)CCCl. The number of carbonyl (C=O) groups is 1. The monoisotopic (exact) mass is 279 g/mol. The average molecular weight is 280 g/mol. The first kappa shape index (κ1) is 15.2. The summed E-state index contributed by atoms with van der Waals surface area (Å²) in [6.07, 6.45) is 0. The van der Waals surface area contributed by atoms with Gasteiger partial charge in [0.2, 0.25) is 0 Å². The third kappa shape index (κ3) is 8.02. The summed E-state index contributed by atoms with van der Waals surface area (Å²) in [5.41, 5.74) is 0. The van der Waals surface area contributed by atoms with Gasteiger partial charge in [-0.1, -0.05) is 0 Å². The number of hydroxylamine groups is 2. The van der Waals surface area contributed by atoms with E-state index in [-0.39, 0.29) is 24.8 Å². The van der Waals surface area contributed by atoms with E-state index < -0.39 is 13.8 Å². The minimum atomic E-state index is -4.41. The molecule has 0 heterocycles. The summed E-state index contributed by atoms with van der Waals surface area (Å²) >= 11 is 10.8. The molecule has 1 N–H and O–H groups in total. The topological polar surface area (TPSA) is 76.1 Å². The first-order valence-electron chi connectivity index (χ1n) is 4.01. The van der Waals surface area contributed by atoms with Gasteiger partial charge in [0.25, 0.3) is 0 Å². The van der Waals surface area contributed by atoms with E-state index in [9.17, 15) is 9.36 Å². The van der Waals surface area contributed by atoms with Crippen molar-refractivity contribution in [3.63, 3.8) is 0 Å². The van der Waals surface area contributed by atoms with Gasteiger partial charge in [-0.15, -0.1) is 23.2 Å². The molecule has 0 aromatic carbocycles. The van der Waals surface area contributed by atoms with Gasteiger partial charge in [0.15, 0.2) is 0 Å². The first-order chi connectivity index (χ1) is 6.91. The lowest BCUT2D eigenvalue weighted by molar-refractivity contribution is -0.137. The van der Waals surface area contributed by atoms with Crippen LogP contribution in [-0.2, 0) is 18.5 Å². The fraction of sp³-hybridized carbons (Fsp3) is 0.833. The Labute approximate surface area is 97.6 Å². The van der Waals surface area contributed by atoms with Gasteiger partial charge in [0, 0.05) is 31.8 Å². The molecule has 6 nitrogen and oxygen atoms in total. The molecule has 0 amide bonds. The average Bonchev–Trinajstić information content (AvgIpc) is 2.01. The van der Waals surface area contributed by atoms with Crippen molar-refractivity contribution in [3.05, 3.63) is 0 Å². The van der Waals surface area contributed by atoms with Gasteiger partial charge in [-0.05, 0) is 0 Å². The molecule has 0 rings (SSSR count). The highest BCUT2D eigenvalue weighted by Gasteiger charge is 2.28. The molecule has 0 spiro atoms. The van der Waals surface area contributed by atoms with Crippen molar-refractivity contribution in [2.24, 2.45) is 0 Å². The van der Waals surface area contributed by atoms with Crippen LogP contribution in [0.2, 0.25) is 0 Å². The predicted octanol–water partition coefficient (Wildman–Crippen LogP) is 1.36. The molecule has 1 unspecified atom stereocenters. The van der Waals surface area contributed by atoms with Crippen LogP contribution in [0.1, 0.15) is 6.92 Å². The molecule has 0 aromatic rings. The van der Waals surface area contributed by atoms with Crippen LogP contribution in [0.15, 0.2) is 0 Å². The van der Waals surface area contributed by atoms with Crippen molar-refractivity contribution in [3.8, 4) is 0 Å². The summed E-state index contributed by atoms with van der Waals surface area (Å²) in [4.78, 5) is 19.5.